The Morgan fingerprint density at radius 1 is 1.06 bits per heavy atom. The van der Waals surface area contributed by atoms with E-state index in [-0.39, 0.29) is 17.3 Å². The molecular formula is C14H16N2O2. The number of hydrogen-bond donors (Lipinski definition) is 0. The first-order valence-corrected chi connectivity index (χ1v) is 5.95. The maximum atomic E-state index is 12.2. The van der Waals surface area contributed by atoms with Gasteiger partial charge in [0, 0.05) is 18.3 Å². The molecule has 0 N–H and O–H groups in total. The molecule has 4 nitrogen and oxygen atoms in total. The normalized spacial score (nSPS) is 10.8. The predicted molar refractivity (Wildman–Crippen MR) is 70.9 cm³/mol. The van der Waals surface area contributed by atoms with Crippen LogP contribution in [0.3, 0.4) is 0 Å². The second kappa shape index (κ2) is 5.04. The van der Waals surface area contributed by atoms with Crippen LogP contribution >= 0.6 is 0 Å². The molecule has 0 saturated heterocycles. The molecule has 0 unspecified atom stereocenters. The summed E-state index contributed by atoms with van der Waals surface area (Å²) in [4.78, 5) is 23.9. The highest BCUT2D eigenvalue weighted by atomic mass is 16.2. The van der Waals surface area contributed by atoms with E-state index in [2.05, 4.69) is 0 Å². The minimum Gasteiger partial charge on any atom is -0.298 e. The van der Waals surface area contributed by atoms with E-state index in [1.807, 2.05) is 44.2 Å². The summed E-state index contributed by atoms with van der Waals surface area (Å²) >= 11 is 0. The van der Waals surface area contributed by atoms with Crippen LogP contribution in [0.5, 0.6) is 0 Å². The van der Waals surface area contributed by atoms with Gasteiger partial charge in [0.05, 0.1) is 6.54 Å². The van der Waals surface area contributed by atoms with Gasteiger partial charge in [-0.15, -0.1) is 0 Å². The Labute approximate surface area is 105 Å². The lowest BCUT2D eigenvalue weighted by Crippen LogP contribution is -2.39. The smallest absolute Gasteiger partial charge is 0.298 e. The number of rotatable bonds is 3. The molecule has 2 rings (SSSR count). The quantitative estimate of drug-likeness (QED) is 0.823. The fraction of sp³-hybridized carbons (Fsp3) is 0.286. The van der Waals surface area contributed by atoms with Crippen molar-refractivity contribution in [3.8, 4) is 0 Å². The van der Waals surface area contributed by atoms with E-state index in [4.69, 9.17) is 0 Å². The summed E-state index contributed by atoms with van der Waals surface area (Å²) in [5.41, 5.74) is 0.417. The van der Waals surface area contributed by atoms with Crippen molar-refractivity contribution in [1.29, 1.82) is 0 Å². The molecule has 0 bridgehead atoms. The Hall–Kier alpha value is -2.10. The summed E-state index contributed by atoms with van der Waals surface area (Å²) in [6.45, 7) is 4.14. The van der Waals surface area contributed by atoms with Gasteiger partial charge in [0.25, 0.3) is 5.56 Å². The Bertz CT molecular complexity index is 639. The molecule has 1 aromatic carbocycles. The van der Waals surface area contributed by atoms with E-state index < -0.39 is 0 Å². The van der Waals surface area contributed by atoms with Crippen molar-refractivity contribution in [3.05, 3.63) is 69.0 Å². The zero-order chi connectivity index (χ0) is 13.1. The van der Waals surface area contributed by atoms with E-state index in [9.17, 15) is 9.59 Å². The maximum Gasteiger partial charge on any atom is 0.331 e. The third-order valence-electron chi connectivity index (χ3n) is 2.84. The molecule has 0 aliphatic rings. The molecule has 0 aliphatic carbocycles. The van der Waals surface area contributed by atoms with E-state index in [0.29, 0.717) is 6.54 Å². The second-order valence-corrected chi connectivity index (χ2v) is 4.51. The van der Waals surface area contributed by atoms with Crippen LogP contribution in [-0.2, 0) is 6.54 Å². The van der Waals surface area contributed by atoms with Gasteiger partial charge in [-0.3, -0.25) is 13.9 Å². The van der Waals surface area contributed by atoms with E-state index in [1.165, 1.54) is 10.6 Å². The lowest BCUT2D eigenvalue weighted by Gasteiger charge is -2.12. The highest BCUT2D eigenvalue weighted by Crippen LogP contribution is 2.00. The lowest BCUT2D eigenvalue weighted by atomic mass is 10.2. The lowest BCUT2D eigenvalue weighted by molar-refractivity contribution is 0.521. The van der Waals surface area contributed by atoms with Crippen molar-refractivity contribution in [2.75, 3.05) is 0 Å². The maximum absolute atomic E-state index is 12.2. The molecular weight excluding hydrogens is 228 g/mol. The molecule has 0 amide bonds. The van der Waals surface area contributed by atoms with Crippen LogP contribution in [-0.4, -0.2) is 9.13 Å². The van der Waals surface area contributed by atoms with Crippen molar-refractivity contribution in [2.45, 2.75) is 26.4 Å². The zero-order valence-corrected chi connectivity index (χ0v) is 10.5. The third kappa shape index (κ3) is 2.42. The molecule has 4 heteroatoms. The summed E-state index contributed by atoms with van der Waals surface area (Å²) in [5, 5.41) is 0. The minimum atomic E-state index is -0.263. The van der Waals surface area contributed by atoms with Crippen molar-refractivity contribution in [2.24, 2.45) is 0 Å². The fourth-order valence-corrected chi connectivity index (χ4v) is 1.84. The Morgan fingerprint density at radius 3 is 2.33 bits per heavy atom. The Kier molecular flexibility index (Phi) is 3.46. The van der Waals surface area contributed by atoms with Gasteiger partial charge >= 0.3 is 5.69 Å². The van der Waals surface area contributed by atoms with Crippen LogP contribution in [0.25, 0.3) is 0 Å². The SMILES string of the molecule is CC(C)n1ccc(=O)n(Cc2ccccc2)c1=O. The van der Waals surface area contributed by atoms with Crippen molar-refractivity contribution in [1.82, 2.24) is 9.13 Å². The third-order valence-corrected chi connectivity index (χ3v) is 2.84. The molecule has 0 spiro atoms. The van der Waals surface area contributed by atoms with Gasteiger partial charge in [-0.25, -0.2) is 4.79 Å². The van der Waals surface area contributed by atoms with Gasteiger partial charge in [-0.05, 0) is 19.4 Å². The van der Waals surface area contributed by atoms with E-state index >= 15 is 0 Å². The summed E-state index contributed by atoms with van der Waals surface area (Å²) in [6, 6.07) is 11.0. The molecule has 1 aromatic heterocycles. The van der Waals surface area contributed by atoms with Crippen LogP contribution < -0.4 is 11.2 Å². The fourth-order valence-electron chi connectivity index (χ4n) is 1.84. The van der Waals surface area contributed by atoms with Gasteiger partial charge in [0.1, 0.15) is 0 Å². The number of nitrogens with zero attached hydrogens (tertiary/aromatic N) is 2. The highest BCUT2D eigenvalue weighted by Gasteiger charge is 2.07. The van der Waals surface area contributed by atoms with E-state index in [1.54, 1.807) is 10.8 Å². The molecule has 1 heterocycles. The van der Waals surface area contributed by atoms with Gasteiger partial charge in [0.2, 0.25) is 0 Å². The van der Waals surface area contributed by atoms with Crippen LogP contribution in [0.2, 0.25) is 0 Å². The molecule has 0 fully saturated rings. The average Bonchev–Trinajstić information content (AvgIpc) is 2.35. The number of benzene rings is 1. The second-order valence-electron chi connectivity index (χ2n) is 4.51. The summed E-state index contributed by atoms with van der Waals surface area (Å²) < 4.78 is 2.82. The average molecular weight is 244 g/mol. The van der Waals surface area contributed by atoms with Crippen LogP contribution in [0.4, 0.5) is 0 Å². The van der Waals surface area contributed by atoms with Crippen molar-refractivity contribution in [3.63, 3.8) is 0 Å². The predicted octanol–water partition coefficient (Wildman–Crippen LogP) is 1.64. The molecule has 2 aromatic rings. The zero-order valence-electron chi connectivity index (χ0n) is 10.5. The standard InChI is InChI=1S/C14H16N2O2/c1-11(2)15-9-8-13(17)16(14(15)18)10-12-6-4-3-5-7-12/h3-9,11H,10H2,1-2H3. The first-order chi connectivity index (χ1) is 8.59. The Morgan fingerprint density at radius 2 is 1.72 bits per heavy atom. The first-order valence-electron chi connectivity index (χ1n) is 5.95. The van der Waals surface area contributed by atoms with Gasteiger partial charge < -0.3 is 0 Å². The molecule has 0 saturated carbocycles. The van der Waals surface area contributed by atoms with Gasteiger partial charge in [0.15, 0.2) is 0 Å². The first kappa shape index (κ1) is 12.4. The largest absolute Gasteiger partial charge is 0.331 e. The summed E-state index contributed by atoms with van der Waals surface area (Å²) in [6.07, 6.45) is 1.55. The number of hydrogen-bond acceptors (Lipinski definition) is 2. The van der Waals surface area contributed by atoms with Crippen LogP contribution in [0.1, 0.15) is 25.5 Å². The number of aromatic nitrogens is 2. The molecule has 0 atom stereocenters. The topological polar surface area (TPSA) is 44.0 Å². The molecule has 0 aliphatic heterocycles. The Balaban J connectivity index is 2.48. The molecule has 94 valence electrons. The van der Waals surface area contributed by atoms with Crippen molar-refractivity contribution >= 4 is 0 Å². The minimum absolute atomic E-state index is 0.0418. The molecule has 18 heavy (non-hydrogen) atoms. The van der Waals surface area contributed by atoms with Gasteiger partial charge in [-0.2, -0.15) is 0 Å². The van der Waals surface area contributed by atoms with Crippen LogP contribution in [0, 0.1) is 0 Å². The summed E-state index contributed by atoms with van der Waals surface area (Å²) in [5.74, 6) is 0. The van der Waals surface area contributed by atoms with Crippen molar-refractivity contribution < 1.29 is 0 Å². The van der Waals surface area contributed by atoms with Crippen LogP contribution in [0.15, 0.2) is 52.2 Å². The molecule has 0 radical (unpaired) electrons. The van der Waals surface area contributed by atoms with E-state index in [0.717, 1.165) is 5.56 Å². The summed E-state index contributed by atoms with van der Waals surface area (Å²) in [7, 11) is 0. The monoisotopic (exact) mass is 244 g/mol. The highest BCUT2D eigenvalue weighted by molar-refractivity contribution is 5.15. The van der Waals surface area contributed by atoms with Gasteiger partial charge in [-0.1, -0.05) is 30.3 Å².